The standard InChI is InChI=1S/C24H33NO2/c1-4-23(2)19-24(15-17-27-23,21-10-12-22(26-3)13-11-21)14-16-25-18-20-8-6-5-7-9-20/h5-13,25H,4,14-19H2,1-3H3/p+1/t23-,24-/m1/s1. The van der Waals surface area contributed by atoms with Gasteiger partial charge in [-0.1, -0.05) is 49.4 Å². The maximum Gasteiger partial charge on any atom is 0.118 e. The van der Waals surface area contributed by atoms with E-state index in [2.05, 4.69) is 73.8 Å². The summed E-state index contributed by atoms with van der Waals surface area (Å²) < 4.78 is 11.5. The number of methoxy groups -OCH3 is 1. The molecule has 1 aliphatic rings. The van der Waals surface area contributed by atoms with Crippen LogP contribution in [0.2, 0.25) is 0 Å². The Morgan fingerprint density at radius 2 is 1.81 bits per heavy atom. The summed E-state index contributed by atoms with van der Waals surface area (Å²) in [7, 11) is 1.73. The molecule has 0 bridgehead atoms. The van der Waals surface area contributed by atoms with Crippen molar-refractivity contribution in [1.29, 1.82) is 0 Å². The molecule has 1 saturated heterocycles. The molecule has 1 heterocycles. The maximum atomic E-state index is 6.18. The quantitative estimate of drug-likeness (QED) is 0.713. The Morgan fingerprint density at radius 1 is 1.07 bits per heavy atom. The molecule has 0 unspecified atom stereocenters. The van der Waals surface area contributed by atoms with Crippen molar-refractivity contribution in [2.75, 3.05) is 20.3 Å². The highest BCUT2D eigenvalue weighted by Gasteiger charge is 2.43. The third-order valence-electron chi connectivity index (χ3n) is 6.24. The van der Waals surface area contributed by atoms with Gasteiger partial charge in [0.25, 0.3) is 0 Å². The first-order valence-electron chi connectivity index (χ1n) is 10.2. The second-order valence-corrected chi connectivity index (χ2v) is 8.10. The highest BCUT2D eigenvalue weighted by Crippen LogP contribution is 2.45. The summed E-state index contributed by atoms with van der Waals surface area (Å²) in [6.45, 7) is 7.53. The average molecular weight is 369 g/mol. The fourth-order valence-corrected chi connectivity index (χ4v) is 4.38. The molecule has 0 aliphatic carbocycles. The summed E-state index contributed by atoms with van der Waals surface area (Å²) >= 11 is 0. The predicted molar refractivity (Wildman–Crippen MR) is 110 cm³/mol. The van der Waals surface area contributed by atoms with Crippen LogP contribution in [0.15, 0.2) is 54.6 Å². The van der Waals surface area contributed by atoms with Gasteiger partial charge in [-0.25, -0.2) is 0 Å². The zero-order valence-electron chi connectivity index (χ0n) is 17.0. The Kier molecular flexibility index (Phi) is 6.56. The lowest BCUT2D eigenvalue weighted by molar-refractivity contribution is -0.672. The van der Waals surface area contributed by atoms with Crippen molar-refractivity contribution < 1.29 is 14.8 Å². The second kappa shape index (κ2) is 8.90. The minimum Gasteiger partial charge on any atom is -0.497 e. The first-order chi connectivity index (χ1) is 13.1. The number of ether oxygens (including phenoxy) is 2. The number of benzene rings is 2. The fraction of sp³-hybridized carbons (Fsp3) is 0.500. The summed E-state index contributed by atoms with van der Waals surface area (Å²) in [6.07, 6.45) is 4.40. The van der Waals surface area contributed by atoms with Gasteiger partial charge < -0.3 is 14.8 Å². The van der Waals surface area contributed by atoms with E-state index in [1.807, 2.05) is 0 Å². The summed E-state index contributed by atoms with van der Waals surface area (Å²) in [5.41, 5.74) is 2.97. The molecule has 0 saturated carbocycles. The van der Waals surface area contributed by atoms with Crippen LogP contribution in [0.5, 0.6) is 5.75 Å². The molecule has 2 N–H and O–H groups in total. The van der Waals surface area contributed by atoms with Crippen molar-refractivity contribution in [1.82, 2.24) is 0 Å². The first-order valence-corrected chi connectivity index (χ1v) is 10.2. The van der Waals surface area contributed by atoms with Gasteiger partial charge in [0.2, 0.25) is 0 Å². The van der Waals surface area contributed by atoms with Crippen molar-refractivity contribution in [3.8, 4) is 5.75 Å². The zero-order chi connectivity index (χ0) is 19.2. The van der Waals surface area contributed by atoms with Crippen LogP contribution in [-0.2, 0) is 16.7 Å². The van der Waals surface area contributed by atoms with Crippen LogP contribution in [0.4, 0.5) is 0 Å². The molecule has 2 atom stereocenters. The van der Waals surface area contributed by atoms with E-state index in [1.165, 1.54) is 17.5 Å². The lowest BCUT2D eigenvalue weighted by Gasteiger charge is -2.46. The van der Waals surface area contributed by atoms with E-state index in [0.29, 0.717) is 0 Å². The third-order valence-corrected chi connectivity index (χ3v) is 6.24. The Balaban J connectivity index is 1.73. The molecule has 3 nitrogen and oxygen atoms in total. The fourth-order valence-electron chi connectivity index (χ4n) is 4.38. The summed E-state index contributed by atoms with van der Waals surface area (Å²) in [4.78, 5) is 0. The molecule has 3 heteroatoms. The van der Waals surface area contributed by atoms with Gasteiger partial charge in [0.15, 0.2) is 0 Å². The second-order valence-electron chi connectivity index (χ2n) is 8.10. The van der Waals surface area contributed by atoms with Crippen molar-refractivity contribution in [2.45, 2.75) is 57.1 Å². The maximum absolute atomic E-state index is 6.18. The largest absolute Gasteiger partial charge is 0.497 e. The van der Waals surface area contributed by atoms with Crippen molar-refractivity contribution in [3.63, 3.8) is 0 Å². The van der Waals surface area contributed by atoms with E-state index in [4.69, 9.17) is 9.47 Å². The zero-order valence-corrected chi connectivity index (χ0v) is 17.0. The van der Waals surface area contributed by atoms with E-state index in [1.54, 1.807) is 7.11 Å². The van der Waals surface area contributed by atoms with Gasteiger partial charge >= 0.3 is 0 Å². The van der Waals surface area contributed by atoms with Crippen LogP contribution in [-0.4, -0.2) is 25.9 Å². The highest BCUT2D eigenvalue weighted by molar-refractivity contribution is 5.33. The van der Waals surface area contributed by atoms with Crippen molar-refractivity contribution >= 4 is 0 Å². The van der Waals surface area contributed by atoms with E-state index in [0.717, 1.165) is 44.7 Å². The number of hydrogen-bond donors (Lipinski definition) is 1. The normalized spacial score (nSPS) is 25.3. The minimum absolute atomic E-state index is 0.0302. The van der Waals surface area contributed by atoms with Gasteiger partial charge in [0, 0.05) is 24.0 Å². The van der Waals surface area contributed by atoms with Crippen LogP contribution < -0.4 is 10.1 Å². The Morgan fingerprint density at radius 3 is 2.48 bits per heavy atom. The lowest BCUT2D eigenvalue weighted by atomic mass is 9.66. The molecular formula is C24H34NO2+. The number of nitrogens with two attached hydrogens (primary N) is 1. The molecule has 0 radical (unpaired) electrons. The van der Waals surface area contributed by atoms with Crippen LogP contribution in [0.1, 0.15) is 50.7 Å². The smallest absolute Gasteiger partial charge is 0.118 e. The molecule has 146 valence electrons. The van der Waals surface area contributed by atoms with Crippen LogP contribution in [0, 0.1) is 0 Å². The number of quaternary nitrogens is 1. The van der Waals surface area contributed by atoms with E-state index in [-0.39, 0.29) is 11.0 Å². The predicted octanol–water partition coefficient (Wildman–Crippen LogP) is 4.07. The monoisotopic (exact) mass is 368 g/mol. The molecule has 0 amide bonds. The van der Waals surface area contributed by atoms with E-state index < -0.39 is 0 Å². The number of hydrogen-bond acceptors (Lipinski definition) is 2. The topological polar surface area (TPSA) is 35.1 Å². The summed E-state index contributed by atoms with van der Waals surface area (Å²) in [5, 5.41) is 2.44. The molecule has 1 fully saturated rings. The van der Waals surface area contributed by atoms with Gasteiger partial charge in [0.1, 0.15) is 12.3 Å². The molecule has 0 spiro atoms. The summed E-state index contributed by atoms with van der Waals surface area (Å²) in [6, 6.07) is 19.5. The molecule has 2 aromatic carbocycles. The summed E-state index contributed by atoms with van der Waals surface area (Å²) in [5.74, 6) is 0.926. The van der Waals surface area contributed by atoms with Crippen molar-refractivity contribution in [3.05, 3.63) is 65.7 Å². The molecule has 2 aromatic rings. The Bertz CT molecular complexity index is 700. The number of rotatable bonds is 8. The minimum atomic E-state index is -0.0302. The van der Waals surface area contributed by atoms with Gasteiger partial charge in [-0.05, 0) is 43.9 Å². The Hall–Kier alpha value is -1.84. The Labute approximate surface area is 164 Å². The lowest BCUT2D eigenvalue weighted by Crippen LogP contribution is -2.83. The molecule has 1 aliphatic heterocycles. The van der Waals surface area contributed by atoms with Gasteiger partial charge in [0.05, 0.1) is 19.3 Å². The van der Waals surface area contributed by atoms with E-state index in [9.17, 15) is 0 Å². The first kappa shape index (κ1) is 19.9. The third kappa shape index (κ3) is 4.91. The van der Waals surface area contributed by atoms with Crippen LogP contribution in [0.25, 0.3) is 0 Å². The highest BCUT2D eigenvalue weighted by atomic mass is 16.5. The van der Waals surface area contributed by atoms with Gasteiger partial charge in [-0.15, -0.1) is 0 Å². The van der Waals surface area contributed by atoms with Gasteiger partial charge in [-0.3, -0.25) is 0 Å². The van der Waals surface area contributed by atoms with Crippen LogP contribution >= 0.6 is 0 Å². The molecule has 27 heavy (non-hydrogen) atoms. The van der Waals surface area contributed by atoms with Crippen molar-refractivity contribution in [2.24, 2.45) is 0 Å². The molecule has 0 aromatic heterocycles. The van der Waals surface area contributed by atoms with E-state index >= 15 is 0 Å². The average Bonchev–Trinajstić information content (AvgIpc) is 2.72. The molecule has 3 rings (SSSR count). The van der Waals surface area contributed by atoms with Gasteiger partial charge in [-0.2, -0.15) is 0 Å². The molecular weight excluding hydrogens is 334 g/mol. The SMILES string of the molecule is CC[C@]1(C)C[C@](CC[NH2+]Cc2ccccc2)(c2ccc(OC)cc2)CCO1. The van der Waals surface area contributed by atoms with Crippen LogP contribution in [0.3, 0.4) is 0 Å².